The van der Waals surface area contributed by atoms with E-state index in [1.807, 2.05) is 6.07 Å². The summed E-state index contributed by atoms with van der Waals surface area (Å²) in [5.74, 6) is -0.377. The third-order valence-corrected chi connectivity index (χ3v) is 2.58. The van der Waals surface area contributed by atoms with Gasteiger partial charge in [-0.15, -0.1) is 0 Å². The lowest BCUT2D eigenvalue weighted by Crippen LogP contribution is -2.19. The molecule has 94 valence electrons. The van der Waals surface area contributed by atoms with Crippen molar-refractivity contribution < 1.29 is 4.39 Å². The minimum Gasteiger partial charge on any atom is -0.332 e. The van der Waals surface area contributed by atoms with Crippen LogP contribution in [0.15, 0.2) is 48.5 Å². The molecule has 3 nitrogen and oxygen atoms in total. The van der Waals surface area contributed by atoms with Crippen molar-refractivity contribution in [1.29, 1.82) is 5.26 Å². The molecule has 0 heterocycles. The minimum atomic E-state index is -0.377. The average molecular weight is 271 g/mol. The molecule has 0 aromatic heterocycles. The Labute approximate surface area is 115 Å². The monoisotopic (exact) mass is 271 g/mol. The van der Waals surface area contributed by atoms with Gasteiger partial charge in [0.2, 0.25) is 0 Å². The van der Waals surface area contributed by atoms with Crippen LogP contribution >= 0.6 is 12.2 Å². The normalized spacial score (nSPS) is 9.47. The highest BCUT2D eigenvalue weighted by Gasteiger charge is 2.03. The van der Waals surface area contributed by atoms with Crippen LogP contribution in [0.5, 0.6) is 0 Å². The van der Waals surface area contributed by atoms with Crippen LogP contribution in [0.3, 0.4) is 0 Å². The van der Waals surface area contributed by atoms with Crippen LogP contribution in [0.4, 0.5) is 15.8 Å². The van der Waals surface area contributed by atoms with E-state index in [-0.39, 0.29) is 10.9 Å². The second kappa shape index (κ2) is 5.94. The van der Waals surface area contributed by atoms with E-state index in [0.717, 1.165) is 0 Å². The van der Waals surface area contributed by atoms with Gasteiger partial charge in [0.15, 0.2) is 5.11 Å². The molecule has 0 aliphatic carbocycles. The highest BCUT2D eigenvalue weighted by Crippen LogP contribution is 2.14. The van der Waals surface area contributed by atoms with Gasteiger partial charge in [0.05, 0.1) is 17.3 Å². The molecule has 0 atom stereocenters. The van der Waals surface area contributed by atoms with E-state index in [2.05, 4.69) is 10.6 Å². The molecular weight excluding hydrogens is 261 g/mol. The number of nitrogens with zero attached hydrogens (tertiary/aromatic N) is 1. The van der Waals surface area contributed by atoms with Gasteiger partial charge in [-0.05, 0) is 42.5 Å². The lowest BCUT2D eigenvalue weighted by Gasteiger charge is -2.11. The Morgan fingerprint density at radius 1 is 1.11 bits per heavy atom. The quantitative estimate of drug-likeness (QED) is 0.821. The molecule has 19 heavy (non-hydrogen) atoms. The van der Waals surface area contributed by atoms with Gasteiger partial charge < -0.3 is 10.6 Å². The second-order valence-corrected chi connectivity index (χ2v) is 4.16. The van der Waals surface area contributed by atoms with E-state index in [0.29, 0.717) is 16.9 Å². The van der Waals surface area contributed by atoms with E-state index < -0.39 is 0 Å². The number of halogens is 1. The van der Waals surface area contributed by atoms with Crippen LogP contribution in [0.1, 0.15) is 5.56 Å². The number of rotatable bonds is 2. The number of thiocarbonyl (C=S) groups is 1. The van der Waals surface area contributed by atoms with Gasteiger partial charge in [-0.1, -0.05) is 18.2 Å². The zero-order chi connectivity index (χ0) is 13.7. The van der Waals surface area contributed by atoms with Crippen LogP contribution in [-0.2, 0) is 0 Å². The Kier molecular flexibility index (Phi) is 4.06. The Morgan fingerprint density at radius 2 is 1.89 bits per heavy atom. The SMILES string of the molecule is N#Cc1cccc(NC(=S)Nc2ccccc2F)c1. The summed E-state index contributed by atoms with van der Waals surface area (Å²) in [6.45, 7) is 0. The highest BCUT2D eigenvalue weighted by molar-refractivity contribution is 7.80. The van der Waals surface area contributed by atoms with Crippen LogP contribution < -0.4 is 10.6 Å². The van der Waals surface area contributed by atoms with Crippen molar-refractivity contribution in [2.24, 2.45) is 0 Å². The fraction of sp³-hybridized carbons (Fsp3) is 0. The molecule has 5 heteroatoms. The van der Waals surface area contributed by atoms with Gasteiger partial charge in [-0.3, -0.25) is 0 Å². The van der Waals surface area contributed by atoms with Gasteiger partial charge in [0, 0.05) is 5.69 Å². The maximum atomic E-state index is 13.4. The van der Waals surface area contributed by atoms with Crippen molar-refractivity contribution in [3.63, 3.8) is 0 Å². The highest BCUT2D eigenvalue weighted by atomic mass is 32.1. The molecule has 0 bridgehead atoms. The molecule has 0 fully saturated rings. The molecule has 0 saturated carbocycles. The summed E-state index contributed by atoms with van der Waals surface area (Å²) >= 11 is 5.09. The lowest BCUT2D eigenvalue weighted by molar-refractivity contribution is 0.632. The number of para-hydroxylation sites is 1. The van der Waals surface area contributed by atoms with Gasteiger partial charge in [-0.25, -0.2) is 4.39 Å². The third-order valence-electron chi connectivity index (χ3n) is 2.37. The topological polar surface area (TPSA) is 47.9 Å². The molecule has 0 aliphatic heterocycles. The van der Waals surface area contributed by atoms with Crippen LogP contribution in [0.25, 0.3) is 0 Å². The molecular formula is C14H10FN3S. The second-order valence-electron chi connectivity index (χ2n) is 3.75. The summed E-state index contributed by atoms with van der Waals surface area (Å²) in [6.07, 6.45) is 0. The van der Waals surface area contributed by atoms with Crippen molar-refractivity contribution in [3.05, 3.63) is 59.9 Å². The molecule has 0 radical (unpaired) electrons. The molecule has 2 aromatic carbocycles. The number of hydrogen-bond donors (Lipinski definition) is 2. The number of anilines is 2. The number of benzene rings is 2. The summed E-state index contributed by atoms with van der Waals surface area (Å²) in [5.41, 5.74) is 1.50. The Bertz CT molecular complexity index is 649. The molecule has 0 unspecified atom stereocenters. The number of nitrogens with one attached hydrogen (secondary N) is 2. The minimum absolute atomic E-state index is 0.264. The molecule has 2 rings (SSSR count). The maximum absolute atomic E-state index is 13.4. The van der Waals surface area contributed by atoms with E-state index in [1.165, 1.54) is 6.07 Å². The molecule has 0 aliphatic rings. The fourth-order valence-corrected chi connectivity index (χ4v) is 1.74. The summed E-state index contributed by atoms with van der Waals surface area (Å²) in [6, 6.07) is 15.2. The van der Waals surface area contributed by atoms with Crippen LogP contribution in [-0.4, -0.2) is 5.11 Å². The first-order valence-electron chi connectivity index (χ1n) is 5.52. The van der Waals surface area contributed by atoms with Crippen molar-refractivity contribution in [2.75, 3.05) is 10.6 Å². The maximum Gasteiger partial charge on any atom is 0.175 e. The molecule has 0 amide bonds. The first-order valence-corrected chi connectivity index (χ1v) is 5.92. The van der Waals surface area contributed by atoms with E-state index >= 15 is 0 Å². The van der Waals surface area contributed by atoms with Crippen molar-refractivity contribution in [3.8, 4) is 6.07 Å². The molecule has 2 aromatic rings. The smallest absolute Gasteiger partial charge is 0.175 e. The van der Waals surface area contributed by atoms with Gasteiger partial charge in [0.25, 0.3) is 0 Å². The van der Waals surface area contributed by atoms with Crippen LogP contribution in [0, 0.1) is 17.1 Å². The Hall–Kier alpha value is -2.45. The number of nitriles is 1. The van der Waals surface area contributed by atoms with Crippen molar-refractivity contribution in [1.82, 2.24) is 0 Å². The summed E-state index contributed by atoms with van der Waals surface area (Å²) in [5, 5.41) is 14.7. The van der Waals surface area contributed by atoms with Gasteiger partial charge in [0.1, 0.15) is 5.82 Å². The van der Waals surface area contributed by atoms with Gasteiger partial charge in [-0.2, -0.15) is 5.26 Å². The standard InChI is InChI=1S/C14H10FN3S/c15-12-6-1-2-7-13(12)18-14(19)17-11-5-3-4-10(8-11)9-16/h1-8H,(H2,17,18,19). The summed E-state index contributed by atoms with van der Waals surface area (Å²) in [4.78, 5) is 0. The fourth-order valence-electron chi connectivity index (χ4n) is 1.51. The Balaban J connectivity index is 2.06. The summed E-state index contributed by atoms with van der Waals surface area (Å²) < 4.78 is 13.4. The Morgan fingerprint density at radius 3 is 2.63 bits per heavy atom. The van der Waals surface area contributed by atoms with Gasteiger partial charge >= 0.3 is 0 Å². The first-order chi connectivity index (χ1) is 9.19. The lowest BCUT2D eigenvalue weighted by atomic mass is 10.2. The molecule has 2 N–H and O–H groups in total. The third kappa shape index (κ3) is 3.50. The largest absolute Gasteiger partial charge is 0.332 e. The van der Waals surface area contributed by atoms with Crippen molar-refractivity contribution >= 4 is 28.7 Å². The number of hydrogen-bond acceptors (Lipinski definition) is 2. The first kappa shape index (κ1) is 13.0. The molecule has 0 saturated heterocycles. The van der Waals surface area contributed by atoms with Crippen LogP contribution in [0.2, 0.25) is 0 Å². The molecule has 0 spiro atoms. The summed E-state index contributed by atoms with van der Waals surface area (Å²) in [7, 11) is 0. The van der Waals surface area contributed by atoms with E-state index in [9.17, 15) is 4.39 Å². The predicted molar refractivity (Wildman–Crippen MR) is 77.4 cm³/mol. The zero-order valence-corrected chi connectivity index (χ0v) is 10.7. The van der Waals surface area contributed by atoms with E-state index in [1.54, 1.807) is 42.5 Å². The predicted octanol–water partition coefficient (Wildman–Crippen LogP) is 3.51. The van der Waals surface area contributed by atoms with Crippen molar-refractivity contribution in [2.45, 2.75) is 0 Å². The van der Waals surface area contributed by atoms with E-state index in [4.69, 9.17) is 17.5 Å². The zero-order valence-electron chi connectivity index (χ0n) is 9.85. The average Bonchev–Trinajstić information content (AvgIpc) is 2.41.